The maximum absolute atomic E-state index is 13.7. The summed E-state index contributed by atoms with van der Waals surface area (Å²) in [5.74, 6) is -0.0678. The van der Waals surface area contributed by atoms with Crippen LogP contribution in [0.25, 0.3) is 11.0 Å². The van der Waals surface area contributed by atoms with Gasteiger partial charge in [-0.3, -0.25) is 9.59 Å². The van der Waals surface area contributed by atoms with Crippen molar-refractivity contribution in [2.24, 2.45) is 0 Å². The zero-order valence-electron chi connectivity index (χ0n) is 19.1. The molecule has 0 unspecified atom stereocenters. The molecule has 35 heavy (non-hydrogen) atoms. The molecule has 2 heterocycles. The van der Waals surface area contributed by atoms with Crippen molar-refractivity contribution in [1.82, 2.24) is 0 Å². The number of allylic oxidation sites excluding steroid dienone is 1. The number of ketones is 1. The summed E-state index contributed by atoms with van der Waals surface area (Å²) in [7, 11) is 0. The van der Waals surface area contributed by atoms with E-state index in [1.54, 1.807) is 6.07 Å². The lowest BCUT2D eigenvalue weighted by Gasteiger charge is -2.30. The van der Waals surface area contributed by atoms with Gasteiger partial charge in [0.05, 0.1) is 28.4 Å². The number of hydrogen-bond acceptors (Lipinski definition) is 5. The Morgan fingerprint density at radius 3 is 2.51 bits per heavy atom. The quantitative estimate of drug-likeness (QED) is 0.331. The monoisotopic (exact) mass is 482 g/mol. The number of Topliss-reactive ketones (excluding diaryl/α,β-unsaturated/α-hetero) is 1. The summed E-state index contributed by atoms with van der Waals surface area (Å²) in [6.07, 6.45) is 2.41. The second kappa shape index (κ2) is 8.43. The van der Waals surface area contributed by atoms with Crippen LogP contribution in [-0.2, 0) is 4.79 Å². The van der Waals surface area contributed by atoms with Crippen LogP contribution in [0.4, 0.5) is 11.4 Å². The number of halogens is 1. The Balaban J connectivity index is 1.53. The van der Waals surface area contributed by atoms with E-state index in [9.17, 15) is 9.59 Å². The van der Waals surface area contributed by atoms with E-state index in [0.717, 1.165) is 28.2 Å². The molecule has 1 aliphatic heterocycles. The van der Waals surface area contributed by atoms with Gasteiger partial charge < -0.3 is 15.1 Å². The van der Waals surface area contributed by atoms with Crippen LogP contribution in [0.1, 0.15) is 41.5 Å². The number of hydrogen-bond donors (Lipinski definition) is 2. The van der Waals surface area contributed by atoms with E-state index in [4.69, 9.17) is 16.0 Å². The number of fused-ring (bicyclic) bond motifs is 2. The first-order chi connectivity index (χ1) is 17.0. The van der Waals surface area contributed by atoms with E-state index in [2.05, 4.69) is 10.6 Å². The van der Waals surface area contributed by atoms with Crippen LogP contribution in [0.5, 0.6) is 0 Å². The van der Waals surface area contributed by atoms with Crippen molar-refractivity contribution in [2.75, 3.05) is 10.6 Å². The van der Waals surface area contributed by atoms with Crippen molar-refractivity contribution in [3.8, 4) is 0 Å². The van der Waals surface area contributed by atoms with E-state index in [1.165, 1.54) is 6.26 Å². The summed E-state index contributed by atoms with van der Waals surface area (Å²) < 4.78 is 5.87. The molecule has 0 saturated heterocycles. The molecule has 174 valence electrons. The van der Waals surface area contributed by atoms with Crippen molar-refractivity contribution in [3.05, 3.63) is 116 Å². The van der Waals surface area contributed by atoms with Gasteiger partial charge in [-0.15, -0.1) is 0 Å². The molecule has 0 fully saturated rings. The maximum atomic E-state index is 13.7. The standard InChI is InChI=1S/C29H23ClN2O3/c1-16-10-11-26-19(12-16)29(34)20(15-35-26)28-27-24(31-22-8-4-5-9-23(22)32-28)13-17(14-25(27)33)18-6-2-3-7-21(18)30/h2-12,15,17,28,31-32H,13-14H2,1H3/t17-,28+/m1/s1. The molecule has 0 bridgehead atoms. The van der Waals surface area contributed by atoms with E-state index in [0.29, 0.717) is 40.0 Å². The molecule has 3 aromatic carbocycles. The van der Waals surface area contributed by atoms with Crippen LogP contribution in [0.15, 0.2) is 93.5 Å². The predicted molar refractivity (Wildman–Crippen MR) is 139 cm³/mol. The lowest BCUT2D eigenvalue weighted by molar-refractivity contribution is -0.116. The van der Waals surface area contributed by atoms with Gasteiger partial charge in [0.15, 0.2) is 11.2 Å². The lowest BCUT2D eigenvalue weighted by Crippen LogP contribution is -2.29. The SMILES string of the molecule is Cc1ccc2occ([C@@H]3Nc4ccccc4NC4=C3C(=O)C[C@H](c3ccccc3Cl)C4)c(=O)c2c1. The molecule has 2 atom stereocenters. The van der Waals surface area contributed by atoms with Crippen LogP contribution >= 0.6 is 11.6 Å². The molecule has 1 aliphatic carbocycles. The lowest BCUT2D eigenvalue weighted by atomic mass is 9.78. The summed E-state index contributed by atoms with van der Waals surface area (Å²) in [4.78, 5) is 27.4. The van der Waals surface area contributed by atoms with E-state index in [-0.39, 0.29) is 17.1 Å². The molecule has 1 aromatic heterocycles. The third-order valence-electron chi connectivity index (χ3n) is 6.92. The molecular formula is C29H23ClN2O3. The van der Waals surface area contributed by atoms with Gasteiger partial charge in [0.1, 0.15) is 11.8 Å². The highest BCUT2D eigenvalue weighted by molar-refractivity contribution is 6.31. The fourth-order valence-corrected chi connectivity index (χ4v) is 5.50. The molecule has 6 heteroatoms. The Morgan fingerprint density at radius 2 is 1.69 bits per heavy atom. The Kier molecular flexibility index (Phi) is 5.23. The average Bonchev–Trinajstić information content (AvgIpc) is 3.02. The molecule has 2 N–H and O–H groups in total. The third-order valence-corrected chi connectivity index (χ3v) is 7.26. The molecule has 2 aliphatic rings. The van der Waals surface area contributed by atoms with E-state index < -0.39 is 6.04 Å². The Labute approximate surface area is 207 Å². The smallest absolute Gasteiger partial charge is 0.198 e. The summed E-state index contributed by atoms with van der Waals surface area (Å²) in [5.41, 5.74) is 5.78. The summed E-state index contributed by atoms with van der Waals surface area (Å²) in [6.45, 7) is 1.94. The van der Waals surface area contributed by atoms with Gasteiger partial charge in [-0.2, -0.15) is 0 Å². The van der Waals surface area contributed by atoms with Gasteiger partial charge in [-0.25, -0.2) is 0 Å². The molecule has 5 nitrogen and oxygen atoms in total. The Morgan fingerprint density at radius 1 is 0.914 bits per heavy atom. The van der Waals surface area contributed by atoms with Crippen LogP contribution in [0.3, 0.4) is 0 Å². The second-order valence-electron chi connectivity index (χ2n) is 9.21. The Bertz CT molecular complexity index is 1590. The fourth-order valence-electron chi connectivity index (χ4n) is 5.21. The van der Waals surface area contributed by atoms with Gasteiger partial charge in [0, 0.05) is 22.7 Å². The van der Waals surface area contributed by atoms with Crippen molar-refractivity contribution in [1.29, 1.82) is 0 Å². The van der Waals surface area contributed by atoms with Gasteiger partial charge >= 0.3 is 0 Å². The van der Waals surface area contributed by atoms with Gasteiger partial charge in [-0.1, -0.05) is 53.6 Å². The van der Waals surface area contributed by atoms with Gasteiger partial charge in [0.2, 0.25) is 0 Å². The van der Waals surface area contributed by atoms with Crippen LogP contribution in [-0.4, -0.2) is 5.78 Å². The average molecular weight is 483 g/mol. The van der Waals surface area contributed by atoms with E-state index in [1.807, 2.05) is 67.6 Å². The zero-order valence-corrected chi connectivity index (χ0v) is 19.9. The van der Waals surface area contributed by atoms with Gasteiger partial charge in [0.25, 0.3) is 0 Å². The molecule has 4 aromatic rings. The molecule has 0 spiro atoms. The Hall–Kier alpha value is -3.83. The minimum Gasteiger partial charge on any atom is -0.464 e. The first-order valence-electron chi connectivity index (χ1n) is 11.6. The van der Waals surface area contributed by atoms with Crippen LogP contribution in [0.2, 0.25) is 5.02 Å². The minimum atomic E-state index is -0.637. The molecule has 6 rings (SSSR count). The number of benzene rings is 3. The molecule has 0 saturated carbocycles. The van der Waals surface area contributed by atoms with Crippen LogP contribution in [0, 0.1) is 6.92 Å². The molecule has 0 radical (unpaired) electrons. The maximum Gasteiger partial charge on any atom is 0.198 e. The normalized spacial score (nSPS) is 19.4. The first-order valence-corrected chi connectivity index (χ1v) is 12.0. The number of para-hydroxylation sites is 2. The molecule has 0 amide bonds. The highest BCUT2D eigenvalue weighted by Gasteiger charge is 2.37. The number of anilines is 2. The topological polar surface area (TPSA) is 71.3 Å². The first kappa shape index (κ1) is 21.7. The van der Waals surface area contributed by atoms with E-state index >= 15 is 0 Å². The van der Waals surface area contributed by atoms with Crippen LogP contribution < -0.4 is 16.1 Å². The number of carbonyl (C=O) groups excluding carboxylic acids is 1. The number of carbonyl (C=O) groups is 1. The number of rotatable bonds is 2. The highest BCUT2D eigenvalue weighted by Crippen LogP contribution is 2.44. The summed E-state index contributed by atoms with van der Waals surface area (Å²) >= 11 is 6.49. The largest absolute Gasteiger partial charge is 0.464 e. The predicted octanol–water partition coefficient (Wildman–Crippen LogP) is 6.73. The van der Waals surface area contributed by atoms with Crippen molar-refractivity contribution in [3.63, 3.8) is 0 Å². The number of nitrogens with one attached hydrogen (secondary N) is 2. The summed E-state index contributed by atoms with van der Waals surface area (Å²) in [5, 5.41) is 8.13. The van der Waals surface area contributed by atoms with Crippen molar-refractivity contribution < 1.29 is 9.21 Å². The fraction of sp³-hybridized carbons (Fsp3) is 0.172. The third kappa shape index (κ3) is 3.72. The zero-order chi connectivity index (χ0) is 24.1. The second-order valence-corrected chi connectivity index (χ2v) is 9.62. The van der Waals surface area contributed by atoms with Crippen molar-refractivity contribution in [2.45, 2.75) is 31.7 Å². The van der Waals surface area contributed by atoms with Gasteiger partial charge in [-0.05, 0) is 55.2 Å². The number of aryl methyl sites for hydroxylation is 1. The van der Waals surface area contributed by atoms with Crippen molar-refractivity contribution >= 4 is 39.7 Å². The minimum absolute atomic E-state index is 0.0160. The summed E-state index contributed by atoms with van der Waals surface area (Å²) in [6, 6.07) is 20.4. The highest BCUT2D eigenvalue weighted by atomic mass is 35.5. The molecular weight excluding hydrogens is 460 g/mol.